The maximum absolute atomic E-state index is 12.9. The van der Waals surface area contributed by atoms with Crippen LogP contribution in [0.1, 0.15) is 356 Å². The highest BCUT2D eigenvalue weighted by molar-refractivity contribution is 5.71. The van der Waals surface area contributed by atoms with Crippen molar-refractivity contribution in [3.05, 3.63) is 0 Å². The van der Waals surface area contributed by atoms with Crippen LogP contribution >= 0.6 is 0 Å². The number of rotatable bonds is 57. The topological polar surface area (TPSA) is 78.9 Å². The van der Waals surface area contributed by atoms with Crippen molar-refractivity contribution in [2.75, 3.05) is 13.2 Å². The third kappa shape index (κ3) is 54.2. The fourth-order valence-corrected chi connectivity index (χ4v) is 9.82. The van der Waals surface area contributed by atoms with E-state index in [0.717, 1.165) is 75.5 Å². The molecule has 0 N–H and O–H groups in total. The molecule has 0 aromatic rings. The summed E-state index contributed by atoms with van der Waals surface area (Å²) in [6.45, 7) is 13.9. The number of unbranched alkanes of at least 4 members (excludes halogenated alkanes) is 38. The minimum absolute atomic E-state index is 0.0627. The predicted octanol–water partition coefficient (Wildman–Crippen LogP) is 21.1. The number of hydrogen-bond donors (Lipinski definition) is 0. The van der Waals surface area contributed by atoms with Crippen molar-refractivity contribution in [3.8, 4) is 0 Å². The standard InChI is InChI=1S/C64H124O6/c1-7-59(5)51-45-39-33-27-21-15-9-11-17-23-29-35-41-47-53-62(65)68-56-61(57-69-63(66)54-48-42-36-30-24-19-13-14-20-26-32-38-44-50-58(3)4)70-64(67)55-49-43-37-31-25-18-12-10-16-22-28-34-40-46-52-60(6)8-2/h58-61H,7-57H2,1-6H3/t59?,60?,61-/m0/s1. The van der Waals surface area contributed by atoms with Gasteiger partial charge in [0.1, 0.15) is 13.2 Å². The number of ether oxygens (including phenoxy) is 3. The maximum Gasteiger partial charge on any atom is 0.306 e. The van der Waals surface area contributed by atoms with Crippen LogP contribution in [0.15, 0.2) is 0 Å². The van der Waals surface area contributed by atoms with Crippen LogP contribution in [0.4, 0.5) is 0 Å². The van der Waals surface area contributed by atoms with Gasteiger partial charge in [0.25, 0.3) is 0 Å². The predicted molar refractivity (Wildman–Crippen MR) is 303 cm³/mol. The van der Waals surface area contributed by atoms with Gasteiger partial charge in [-0.1, -0.05) is 318 Å². The average Bonchev–Trinajstić information content (AvgIpc) is 3.35. The SMILES string of the molecule is CCC(C)CCCCCCCCCCCCCCCCC(=O)OC[C@@H](COC(=O)CCCCCCCCCCCCCCCC(C)C)OC(=O)CCCCCCCCCCCCCCCCC(C)CC. The molecule has 0 fully saturated rings. The summed E-state index contributed by atoms with van der Waals surface area (Å²) < 4.78 is 17.0. The summed E-state index contributed by atoms with van der Waals surface area (Å²) in [5, 5.41) is 0. The van der Waals surface area contributed by atoms with Gasteiger partial charge in [-0.15, -0.1) is 0 Å². The first-order valence-corrected chi connectivity index (χ1v) is 31.7. The van der Waals surface area contributed by atoms with E-state index in [9.17, 15) is 14.4 Å². The first kappa shape index (κ1) is 68.4. The molecule has 2 unspecified atom stereocenters. The van der Waals surface area contributed by atoms with Crippen LogP contribution in [0.3, 0.4) is 0 Å². The Morgan fingerprint density at radius 1 is 0.286 bits per heavy atom. The summed E-state index contributed by atoms with van der Waals surface area (Å²) in [4.78, 5) is 38.3. The van der Waals surface area contributed by atoms with Gasteiger partial charge >= 0.3 is 17.9 Å². The average molecular weight is 990 g/mol. The molecule has 0 aromatic carbocycles. The van der Waals surface area contributed by atoms with Crippen LogP contribution in [0.25, 0.3) is 0 Å². The third-order valence-corrected chi connectivity index (χ3v) is 15.4. The second-order valence-corrected chi connectivity index (χ2v) is 23.0. The minimum atomic E-state index is -0.764. The molecular weight excluding hydrogens is 865 g/mol. The number of carbonyl (C=O) groups excluding carboxylic acids is 3. The van der Waals surface area contributed by atoms with E-state index >= 15 is 0 Å². The fourth-order valence-electron chi connectivity index (χ4n) is 9.82. The molecule has 0 aliphatic carbocycles. The first-order valence-electron chi connectivity index (χ1n) is 31.7. The van der Waals surface area contributed by atoms with Gasteiger partial charge in [-0.25, -0.2) is 0 Å². The highest BCUT2D eigenvalue weighted by atomic mass is 16.6. The molecule has 0 spiro atoms. The van der Waals surface area contributed by atoms with Crippen LogP contribution in [0.5, 0.6) is 0 Å². The smallest absolute Gasteiger partial charge is 0.306 e. The quantitative estimate of drug-likeness (QED) is 0.0343. The first-order chi connectivity index (χ1) is 34.2. The van der Waals surface area contributed by atoms with Crippen LogP contribution in [-0.4, -0.2) is 37.2 Å². The molecule has 0 aliphatic heterocycles. The van der Waals surface area contributed by atoms with Crippen molar-refractivity contribution in [2.24, 2.45) is 17.8 Å². The lowest BCUT2D eigenvalue weighted by Crippen LogP contribution is -2.30. The molecule has 0 radical (unpaired) electrons. The van der Waals surface area contributed by atoms with Gasteiger partial charge in [-0.3, -0.25) is 14.4 Å². The molecule has 0 bridgehead atoms. The van der Waals surface area contributed by atoms with Gasteiger partial charge in [-0.2, -0.15) is 0 Å². The number of esters is 3. The highest BCUT2D eigenvalue weighted by Gasteiger charge is 2.19. The van der Waals surface area contributed by atoms with Gasteiger partial charge < -0.3 is 14.2 Å². The van der Waals surface area contributed by atoms with E-state index in [1.165, 1.54) is 238 Å². The van der Waals surface area contributed by atoms with E-state index in [1.54, 1.807) is 0 Å². The number of carbonyl (C=O) groups is 3. The Labute approximate surface area is 438 Å². The zero-order valence-corrected chi connectivity index (χ0v) is 48.3. The van der Waals surface area contributed by atoms with Gasteiger partial charge in [0.05, 0.1) is 0 Å². The Morgan fingerprint density at radius 3 is 0.743 bits per heavy atom. The third-order valence-electron chi connectivity index (χ3n) is 15.4. The molecule has 0 aromatic heterocycles. The molecular formula is C64H124O6. The van der Waals surface area contributed by atoms with E-state index in [-0.39, 0.29) is 31.1 Å². The lowest BCUT2D eigenvalue weighted by atomic mass is 9.99. The van der Waals surface area contributed by atoms with Gasteiger partial charge in [-0.05, 0) is 37.0 Å². The van der Waals surface area contributed by atoms with E-state index in [4.69, 9.17) is 14.2 Å². The largest absolute Gasteiger partial charge is 0.462 e. The van der Waals surface area contributed by atoms with Crippen molar-refractivity contribution in [1.82, 2.24) is 0 Å². The Hall–Kier alpha value is -1.59. The Bertz CT molecular complexity index is 1090. The maximum atomic E-state index is 12.9. The normalized spacial score (nSPS) is 12.9. The van der Waals surface area contributed by atoms with Crippen molar-refractivity contribution in [3.63, 3.8) is 0 Å². The van der Waals surface area contributed by atoms with Crippen molar-refractivity contribution >= 4 is 17.9 Å². The van der Waals surface area contributed by atoms with Crippen molar-refractivity contribution < 1.29 is 28.6 Å². The molecule has 70 heavy (non-hydrogen) atoms. The zero-order valence-electron chi connectivity index (χ0n) is 48.3. The molecule has 0 rings (SSSR count). The lowest BCUT2D eigenvalue weighted by molar-refractivity contribution is -0.167. The van der Waals surface area contributed by atoms with Crippen LogP contribution < -0.4 is 0 Å². The summed E-state index contributed by atoms with van der Waals surface area (Å²) in [5.74, 6) is 1.79. The van der Waals surface area contributed by atoms with Gasteiger partial charge in [0.2, 0.25) is 0 Å². The summed E-state index contributed by atoms with van der Waals surface area (Å²) in [7, 11) is 0. The van der Waals surface area contributed by atoms with Gasteiger partial charge in [0, 0.05) is 19.3 Å². The second-order valence-electron chi connectivity index (χ2n) is 23.0. The van der Waals surface area contributed by atoms with E-state index in [1.807, 2.05) is 0 Å². The summed E-state index contributed by atoms with van der Waals surface area (Å²) >= 11 is 0. The highest BCUT2D eigenvalue weighted by Crippen LogP contribution is 2.20. The Balaban J connectivity index is 4.31. The van der Waals surface area contributed by atoms with Crippen molar-refractivity contribution in [2.45, 2.75) is 362 Å². The summed E-state index contributed by atoms with van der Waals surface area (Å²) in [6.07, 6.45) is 59.4. The molecule has 6 heteroatoms. The summed E-state index contributed by atoms with van der Waals surface area (Å²) in [5.41, 5.74) is 0. The molecule has 0 aliphatic rings. The fraction of sp³-hybridized carbons (Fsp3) is 0.953. The molecule has 416 valence electrons. The molecule has 0 saturated heterocycles. The molecule has 0 heterocycles. The van der Waals surface area contributed by atoms with Crippen molar-refractivity contribution in [1.29, 1.82) is 0 Å². The molecule has 3 atom stereocenters. The van der Waals surface area contributed by atoms with E-state index < -0.39 is 6.10 Å². The summed E-state index contributed by atoms with van der Waals surface area (Å²) in [6, 6.07) is 0. The number of hydrogen-bond acceptors (Lipinski definition) is 6. The van der Waals surface area contributed by atoms with Crippen LogP contribution in [-0.2, 0) is 28.6 Å². The van der Waals surface area contributed by atoms with Crippen LogP contribution in [0.2, 0.25) is 0 Å². The minimum Gasteiger partial charge on any atom is -0.462 e. The molecule has 0 saturated carbocycles. The Kier molecular flexibility index (Phi) is 53.9. The van der Waals surface area contributed by atoms with E-state index in [2.05, 4.69) is 41.5 Å². The van der Waals surface area contributed by atoms with E-state index in [0.29, 0.717) is 19.3 Å². The monoisotopic (exact) mass is 989 g/mol. The zero-order chi connectivity index (χ0) is 51.2. The molecule has 0 amide bonds. The Morgan fingerprint density at radius 2 is 0.500 bits per heavy atom. The van der Waals surface area contributed by atoms with Gasteiger partial charge in [0.15, 0.2) is 6.10 Å². The lowest BCUT2D eigenvalue weighted by Gasteiger charge is -2.18. The van der Waals surface area contributed by atoms with Crippen LogP contribution in [0, 0.1) is 17.8 Å². The molecule has 6 nitrogen and oxygen atoms in total. The second kappa shape index (κ2) is 55.2.